The van der Waals surface area contributed by atoms with Gasteiger partial charge in [0.15, 0.2) is 0 Å². The van der Waals surface area contributed by atoms with Crippen LogP contribution in [0.3, 0.4) is 0 Å². The number of anilines is 1. The van der Waals surface area contributed by atoms with Gasteiger partial charge in [0.2, 0.25) is 5.91 Å². The lowest BCUT2D eigenvalue weighted by molar-refractivity contribution is -0.130. The van der Waals surface area contributed by atoms with E-state index in [9.17, 15) is 9.18 Å². The maximum absolute atomic E-state index is 13.1. The average molecular weight is 280 g/mol. The topological polar surface area (TPSA) is 50.4 Å². The Balaban J connectivity index is 2.15. The van der Waals surface area contributed by atoms with E-state index >= 15 is 0 Å². The van der Waals surface area contributed by atoms with E-state index in [0.29, 0.717) is 12.3 Å². The molecule has 0 aromatic heterocycles. The van der Waals surface area contributed by atoms with Gasteiger partial charge in [-0.15, -0.1) is 0 Å². The second-order valence-corrected chi connectivity index (χ2v) is 5.38. The number of rotatable bonds is 4. The summed E-state index contributed by atoms with van der Waals surface area (Å²) in [4.78, 5) is 12.6. The number of amides is 1. The molecule has 1 heterocycles. The monoisotopic (exact) mass is 280 g/mol. The summed E-state index contributed by atoms with van der Waals surface area (Å²) < 4.78 is 18.3. The third-order valence-corrected chi connectivity index (χ3v) is 3.90. The Hall–Kier alpha value is -1.46. The summed E-state index contributed by atoms with van der Waals surface area (Å²) in [7, 11) is 1.61. The zero-order valence-electron chi connectivity index (χ0n) is 12.0. The van der Waals surface area contributed by atoms with Gasteiger partial charge >= 0.3 is 0 Å². The van der Waals surface area contributed by atoms with Crippen LogP contribution in [-0.2, 0) is 9.53 Å². The van der Waals surface area contributed by atoms with Crippen LogP contribution in [0.25, 0.3) is 0 Å². The van der Waals surface area contributed by atoms with Crippen LogP contribution < -0.4 is 10.6 Å². The smallest absolute Gasteiger partial charge is 0.233 e. The standard InChI is InChI=1S/C15H21FN2O2/c1-11-9-12(16)3-4-13(11)18-14(19)15(10-20-2)5-7-17-8-6-15/h3-4,9,17H,5-8,10H2,1-2H3,(H,18,19). The minimum Gasteiger partial charge on any atom is -0.384 e. The number of hydrogen-bond donors (Lipinski definition) is 2. The van der Waals surface area contributed by atoms with Crippen LogP contribution in [0.5, 0.6) is 0 Å². The predicted molar refractivity (Wildman–Crippen MR) is 76.2 cm³/mol. The fourth-order valence-corrected chi connectivity index (χ4v) is 2.64. The van der Waals surface area contributed by atoms with Crippen LogP contribution in [0.1, 0.15) is 18.4 Å². The quantitative estimate of drug-likeness (QED) is 0.888. The SMILES string of the molecule is COCC1(C(=O)Nc2ccc(F)cc2C)CCNCC1. The Labute approximate surface area is 118 Å². The van der Waals surface area contributed by atoms with Gasteiger partial charge in [-0.3, -0.25) is 4.79 Å². The van der Waals surface area contributed by atoms with Gasteiger partial charge in [0.05, 0.1) is 12.0 Å². The van der Waals surface area contributed by atoms with Crippen molar-refractivity contribution in [2.75, 3.05) is 32.1 Å². The molecule has 2 rings (SSSR count). The molecule has 0 bridgehead atoms. The maximum Gasteiger partial charge on any atom is 0.233 e. The zero-order chi connectivity index (χ0) is 14.6. The molecular formula is C15H21FN2O2. The number of nitrogens with one attached hydrogen (secondary N) is 2. The number of halogens is 1. The third kappa shape index (κ3) is 3.16. The fourth-order valence-electron chi connectivity index (χ4n) is 2.64. The first-order valence-corrected chi connectivity index (χ1v) is 6.85. The number of methoxy groups -OCH3 is 1. The molecule has 1 aromatic rings. The molecule has 0 radical (unpaired) electrons. The number of aryl methyl sites for hydroxylation is 1. The van der Waals surface area contributed by atoms with E-state index in [2.05, 4.69) is 10.6 Å². The van der Waals surface area contributed by atoms with Crippen molar-refractivity contribution in [2.45, 2.75) is 19.8 Å². The lowest BCUT2D eigenvalue weighted by atomic mass is 9.78. The molecule has 0 unspecified atom stereocenters. The largest absolute Gasteiger partial charge is 0.384 e. The van der Waals surface area contributed by atoms with Gasteiger partial charge in [-0.25, -0.2) is 4.39 Å². The molecule has 1 amide bonds. The molecular weight excluding hydrogens is 259 g/mol. The second-order valence-electron chi connectivity index (χ2n) is 5.38. The summed E-state index contributed by atoms with van der Waals surface area (Å²) in [5.74, 6) is -0.343. The summed E-state index contributed by atoms with van der Waals surface area (Å²) in [5, 5.41) is 6.17. The highest BCUT2D eigenvalue weighted by Crippen LogP contribution is 2.31. The van der Waals surface area contributed by atoms with Gasteiger partial charge in [-0.05, 0) is 56.6 Å². The van der Waals surface area contributed by atoms with Crippen molar-refractivity contribution in [3.8, 4) is 0 Å². The van der Waals surface area contributed by atoms with Crippen molar-refractivity contribution in [3.05, 3.63) is 29.6 Å². The number of benzene rings is 1. The van der Waals surface area contributed by atoms with Crippen molar-refractivity contribution in [1.82, 2.24) is 5.32 Å². The van der Waals surface area contributed by atoms with Crippen LogP contribution in [0.4, 0.5) is 10.1 Å². The molecule has 4 nitrogen and oxygen atoms in total. The zero-order valence-corrected chi connectivity index (χ0v) is 12.0. The van der Waals surface area contributed by atoms with Gasteiger partial charge in [0, 0.05) is 12.8 Å². The van der Waals surface area contributed by atoms with Crippen LogP contribution >= 0.6 is 0 Å². The summed E-state index contributed by atoms with van der Waals surface area (Å²) >= 11 is 0. The molecule has 5 heteroatoms. The van der Waals surface area contributed by atoms with Crippen molar-refractivity contribution in [3.63, 3.8) is 0 Å². The molecule has 0 saturated carbocycles. The highest BCUT2D eigenvalue weighted by molar-refractivity contribution is 5.96. The molecule has 110 valence electrons. The predicted octanol–water partition coefficient (Wildman–Crippen LogP) is 2.09. The van der Waals surface area contributed by atoms with Crippen molar-refractivity contribution < 1.29 is 13.9 Å². The van der Waals surface area contributed by atoms with Gasteiger partial charge < -0.3 is 15.4 Å². The number of piperidine rings is 1. The Morgan fingerprint density at radius 2 is 2.15 bits per heavy atom. The summed E-state index contributed by atoms with van der Waals surface area (Å²) in [5.41, 5.74) is 0.881. The van der Waals surface area contributed by atoms with E-state index in [4.69, 9.17) is 4.74 Å². The first kappa shape index (κ1) is 14.9. The lowest BCUT2D eigenvalue weighted by Crippen LogP contribution is -2.47. The number of carbonyl (C=O) groups excluding carboxylic acids is 1. The highest BCUT2D eigenvalue weighted by Gasteiger charge is 2.39. The third-order valence-electron chi connectivity index (χ3n) is 3.90. The van der Waals surface area contributed by atoms with Crippen LogP contribution in [-0.4, -0.2) is 32.7 Å². The molecule has 1 aliphatic heterocycles. The number of carbonyl (C=O) groups is 1. The van der Waals surface area contributed by atoms with E-state index in [1.54, 1.807) is 20.1 Å². The van der Waals surface area contributed by atoms with E-state index in [0.717, 1.165) is 31.5 Å². The molecule has 1 aliphatic rings. The van der Waals surface area contributed by atoms with Gasteiger partial charge in [0.1, 0.15) is 5.82 Å². The van der Waals surface area contributed by atoms with Crippen molar-refractivity contribution >= 4 is 11.6 Å². The molecule has 0 aliphatic carbocycles. The van der Waals surface area contributed by atoms with Gasteiger partial charge in [-0.1, -0.05) is 0 Å². The van der Waals surface area contributed by atoms with Crippen molar-refractivity contribution in [1.29, 1.82) is 0 Å². The lowest BCUT2D eigenvalue weighted by Gasteiger charge is -2.35. The van der Waals surface area contributed by atoms with E-state index < -0.39 is 5.41 Å². The van der Waals surface area contributed by atoms with Crippen LogP contribution in [0, 0.1) is 18.2 Å². The van der Waals surface area contributed by atoms with Crippen LogP contribution in [0.15, 0.2) is 18.2 Å². The maximum atomic E-state index is 13.1. The van der Waals surface area contributed by atoms with Crippen molar-refractivity contribution in [2.24, 2.45) is 5.41 Å². The van der Waals surface area contributed by atoms with Gasteiger partial charge in [-0.2, -0.15) is 0 Å². The Morgan fingerprint density at radius 1 is 1.45 bits per heavy atom. The Kier molecular flexibility index (Phi) is 4.73. The van der Waals surface area contributed by atoms with E-state index in [-0.39, 0.29) is 11.7 Å². The van der Waals surface area contributed by atoms with E-state index in [1.165, 1.54) is 12.1 Å². The highest BCUT2D eigenvalue weighted by atomic mass is 19.1. The molecule has 1 aromatic carbocycles. The summed E-state index contributed by atoms with van der Waals surface area (Å²) in [6, 6.07) is 4.37. The molecule has 1 saturated heterocycles. The van der Waals surface area contributed by atoms with Crippen LogP contribution in [0.2, 0.25) is 0 Å². The summed E-state index contributed by atoms with van der Waals surface area (Å²) in [6.45, 7) is 3.79. The molecule has 1 fully saturated rings. The number of hydrogen-bond acceptors (Lipinski definition) is 3. The molecule has 0 atom stereocenters. The second kappa shape index (κ2) is 6.33. The molecule has 2 N–H and O–H groups in total. The first-order chi connectivity index (χ1) is 9.57. The fraction of sp³-hybridized carbons (Fsp3) is 0.533. The molecule has 20 heavy (non-hydrogen) atoms. The average Bonchev–Trinajstić information content (AvgIpc) is 2.43. The minimum absolute atomic E-state index is 0.0458. The minimum atomic E-state index is -0.499. The Bertz CT molecular complexity index is 479. The van der Waals surface area contributed by atoms with E-state index in [1.807, 2.05) is 0 Å². The first-order valence-electron chi connectivity index (χ1n) is 6.85. The molecule has 0 spiro atoms. The number of ether oxygens (including phenoxy) is 1. The summed E-state index contributed by atoms with van der Waals surface area (Å²) in [6.07, 6.45) is 1.49. The normalized spacial score (nSPS) is 17.8. The van der Waals surface area contributed by atoms with Gasteiger partial charge in [0.25, 0.3) is 0 Å². The Morgan fingerprint density at radius 3 is 2.75 bits per heavy atom.